The molecule has 4 aliphatic carbocycles. The largest absolute Gasteiger partial charge is 0.0616 e. The highest BCUT2D eigenvalue weighted by Crippen LogP contribution is 2.32. The summed E-state index contributed by atoms with van der Waals surface area (Å²) in [7, 11) is 0. The maximum atomic E-state index is 2.37. The summed E-state index contributed by atoms with van der Waals surface area (Å²) in [5, 5.41) is 5.67. The fourth-order valence-electron chi connectivity index (χ4n) is 4.12. The van der Waals surface area contributed by atoms with Gasteiger partial charge in [0.2, 0.25) is 0 Å². The highest BCUT2D eigenvalue weighted by atomic mass is 14.2. The number of hydrogen-bond acceptors (Lipinski definition) is 0. The Kier molecular flexibility index (Phi) is 3.16. The lowest BCUT2D eigenvalue weighted by Crippen LogP contribution is -2.00. The van der Waals surface area contributed by atoms with Crippen LogP contribution in [0, 0.1) is 0 Å². The molecular formula is C24H20. The monoisotopic (exact) mass is 308 g/mol. The third kappa shape index (κ3) is 2.22. The summed E-state index contributed by atoms with van der Waals surface area (Å²) in [4.78, 5) is 0. The molecule has 4 aromatic rings. The van der Waals surface area contributed by atoms with E-state index in [1.807, 2.05) is 0 Å². The van der Waals surface area contributed by atoms with Gasteiger partial charge in [-0.2, -0.15) is 0 Å². The van der Waals surface area contributed by atoms with Gasteiger partial charge in [0, 0.05) is 0 Å². The first kappa shape index (κ1) is 13.8. The molecule has 4 aromatic carbocycles. The lowest BCUT2D eigenvalue weighted by atomic mass is 9.89. The predicted octanol–water partition coefficient (Wildman–Crippen LogP) is 5.88. The van der Waals surface area contributed by atoms with Gasteiger partial charge in [-0.3, -0.25) is 0 Å². The van der Waals surface area contributed by atoms with Gasteiger partial charge >= 0.3 is 0 Å². The fourth-order valence-corrected chi connectivity index (χ4v) is 4.12. The van der Waals surface area contributed by atoms with Crippen molar-refractivity contribution in [3.63, 3.8) is 0 Å². The van der Waals surface area contributed by atoms with Crippen molar-refractivity contribution in [3.8, 4) is 0 Å². The molecule has 0 N–H and O–H groups in total. The zero-order valence-corrected chi connectivity index (χ0v) is 13.8. The molecule has 0 unspecified atom stereocenters. The molecule has 0 nitrogen and oxygen atoms in total. The van der Waals surface area contributed by atoms with E-state index in [0.29, 0.717) is 0 Å². The summed E-state index contributed by atoms with van der Waals surface area (Å²) < 4.78 is 0. The highest BCUT2D eigenvalue weighted by molar-refractivity contribution is 6.10. The molecule has 116 valence electrons. The van der Waals surface area contributed by atoms with Crippen LogP contribution in [-0.2, 0) is 25.7 Å². The van der Waals surface area contributed by atoms with Crippen LogP contribution in [0.5, 0.6) is 0 Å². The minimum Gasteiger partial charge on any atom is -0.0616 e. The number of aryl methyl sites for hydroxylation is 4. The second-order valence-corrected chi connectivity index (χ2v) is 6.91. The van der Waals surface area contributed by atoms with Crippen LogP contribution in [0.4, 0.5) is 0 Å². The summed E-state index contributed by atoms with van der Waals surface area (Å²) in [5.74, 6) is 0. The molecule has 8 rings (SSSR count). The third-order valence-corrected chi connectivity index (χ3v) is 5.47. The lowest BCUT2D eigenvalue weighted by molar-refractivity contribution is 0.934. The molecule has 0 aliphatic heterocycles. The molecule has 0 amide bonds. The predicted molar refractivity (Wildman–Crippen MR) is 103 cm³/mol. The van der Waals surface area contributed by atoms with Crippen LogP contribution in [0.1, 0.15) is 22.3 Å². The van der Waals surface area contributed by atoms with Crippen molar-refractivity contribution in [1.29, 1.82) is 0 Å². The van der Waals surface area contributed by atoms with Crippen molar-refractivity contribution in [2.24, 2.45) is 0 Å². The van der Waals surface area contributed by atoms with Crippen molar-refractivity contribution in [2.75, 3.05) is 0 Å². The molecule has 0 aromatic heterocycles. The molecule has 0 radical (unpaired) electrons. The first-order chi connectivity index (χ1) is 11.9. The van der Waals surface area contributed by atoms with E-state index in [-0.39, 0.29) is 0 Å². The second-order valence-electron chi connectivity index (χ2n) is 6.91. The Morgan fingerprint density at radius 2 is 1.12 bits per heavy atom. The van der Waals surface area contributed by atoms with Crippen molar-refractivity contribution < 1.29 is 0 Å². The van der Waals surface area contributed by atoms with Gasteiger partial charge in [0.1, 0.15) is 0 Å². The molecule has 0 saturated heterocycles. The van der Waals surface area contributed by atoms with Gasteiger partial charge in [-0.1, -0.05) is 72.8 Å². The molecule has 0 saturated carbocycles. The molecule has 0 spiro atoms. The van der Waals surface area contributed by atoms with Crippen molar-refractivity contribution in [1.82, 2.24) is 0 Å². The maximum absolute atomic E-state index is 2.37. The van der Waals surface area contributed by atoms with Gasteiger partial charge in [-0.05, 0) is 69.5 Å². The van der Waals surface area contributed by atoms with E-state index >= 15 is 0 Å². The number of benzene rings is 4. The van der Waals surface area contributed by atoms with Crippen molar-refractivity contribution >= 4 is 21.5 Å². The van der Waals surface area contributed by atoms with Gasteiger partial charge in [0.25, 0.3) is 0 Å². The van der Waals surface area contributed by atoms with Crippen LogP contribution in [0.25, 0.3) is 21.5 Å². The molecule has 0 atom stereocenters. The quantitative estimate of drug-likeness (QED) is 0.356. The van der Waals surface area contributed by atoms with E-state index in [1.54, 1.807) is 0 Å². The fraction of sp³-hybridized carbons (Fsp3) is 0.167. The molecule has 24 heavy (non-hydrogen) atoms. The van der Waals surface area contributed by atoms with Crippen LogP contribution < -0.4 is 0 Å². The topological polar surface area (TPSA) is 0 Å². The zero-order chi connectivity index (χ0) is 15.9. The minimum atomic E-state index is 1.10. The van der Waals surface area contributed by atoms with E-state index < -0.39 is 0 Å². The van der Waals surface area contributed by atoms with Crippen LogP contribution >= 0.6 is 0 Å². The Hall–Kier alpha value is -2.60. The van der Waals surface area contributed by atoms with Crippen LogP contribution in [-0.4, -0.2) is 0 Å². The van der Waals surface area contributed by atoms with E-state index in [4.69, 9.17) is 0 Å². The summed E-state index contributed by atoms with van der Waals surface area (Å²) in [5.41, 5.74) is 5.84. The van der Waals surface area contributed by atoms with Crippen LogP contribution in [0.2, 0.25) is 0 Å². The number of fused-ring (bicyclic) bond motifs is 1. The SMILES string of the molecule is c1ccc2c(c1)ccc1c3ccc(c12)CCc1ccc(cc1)CC3. The number of rotatable bonds is 0. The van der Waals surface area contributed by atoms with Gasteiger partial charge in [0.15, 0.2) is 0 Å². The zero-order valence-electron chi connectivity index (χ0n) is 13.8. The Morgan fingerprint density at radius 3 is 1.92 bits per heavy atom. The maximum Gasteiger partial charge on any atom is -0.00704 e. The highest BCUT2D eigenvalue weighted by Gasteiger charge is 2.11. The summed E-state index contributed by atoms with van der Waals surface area (Å²) in [6, 6.07) is 27.4. The van der Waals surface area contributed by atoms with E-state index in [1.165, 1.54) is 43.8 Å². The number of hydrogen-bond donors (Lipinski definition) is 0. The molecule has 4 bridgehead atoms. The minimum absolute atomic E-state index is 1.10. The van der Waals surface area contributed by atoms with E-state index in [0.717, 1.165) is 25.7 Å². The van der Waals surface area contributed by atoms with Crippen molar-refractivity contribution in [2.45, 2.75) is 25.7 Å². The summed E-state index contributed by atoms with van der Waals surface area (Å²) in [6.45, 7) is 0. The first-order valence-electron chi connectivity index (χ1n) is 8.88. The molecule has 0 fully saturated rings. The standard InChI is InChI=1S/C24H20/c1-2-4-22-19(3-1)15-16-23-20-11-9-17-5-7-18(8-6-17)10-12-21(14-13-20)24(22)23/h1-8,13-16H,9-12H2. The average molecular weight is 308 g/mol. The van der Waals surface area contributed by atoms with Crippen LogP contribution in [0.3, 0.4) is 0 Å². The Balaban J connectivity index is 1.80. The average Bonchev–Trinajstić information content (AvgIpc) is 2.63. The second kappa shape index (κ2) is 5.49. The first-order valence-corrected chi connectivity index (χ1v) is 8.88. The molecular weight excluding hydrogens is 288 g/mol. The lowest BCUT2D eigenvalue weighted by Gasteiger charge is -2.16. The van der Waals surface area contributed by atoms with Gasteiger partial charge < -0.3 is 0 Å². The molecule has 0 heterocycles. The van der Waals surface area contributed by atoms with E-state index in [9.17, 15) is 0 Å². The van der Waals surface area contributed by atoms with Gasteiger partial charge in [-0.25, -0.2) is 0 Å². The molecule has 4 aliphatic rings. The van der Waals surface area contributed by atoms with E-state index in [2.05, 4.69) is 72.8 Å². The normalized spacial score (nSPS) is 14.0. The Labute approximate surface area is 142 Å². The summed E-state index contributed by atoms with van der Waals surface area (Å²) >= 11 is 0. The summed E-state index contributed by atoms with van der Waals surface area (Å²) in [6.07, 6.45) is 4.43. The Morgan fingerprint density at radius 1 is 0.458 bits per heavy atom. The smallest absolute Gasteiger partial charge is 0.00704 e. The third-order valence-electron chi connectivity index (χ3n) is 5.47. The van der Waals surface area contributed by atoms with Crippen LogP contribution in [0.15, 0.2) is 72.8 Å². The Bertz CT molecular complexity index is 1040. The van der Waals surface area contributed by atoms with Gasteiger partial charge in [0.05, 0.1) is 0 Å². The molecule has 0 heteroatoms. The van der Waals surface area contributed by atoms with Crippen molar-refractivity contribution in [3.05, 3.63) is 95.1 Å². The van der Waals surface area contributed by atoms with Gasteiger partial charge in [-0.15, -0.1) is 0 Å².